The Balaban J connectivity index is 2.23. The average Bonchev–Trinajstić information content (AvgIpc) is 2.74. The Morgan fingerprint density at radius 3 is 3.00 bits per heavy atom. The van der Waals surface area contributed by atoms with Crippen LogP contribution in [0.15, 0.2) is 17.1 Å². The topological polar surface area (TPSA) is 64.3 Å². The molecule has 1 fully saturated rings. The van der Waals surface area contributed by atoms with E-state index in [9.17, 15) is 9.90 Å². The minimum atomic E-state index is -0.491. The monoisotopic (exact) mass is 238 g/mol. The van der Waals surface area contributed by atoms with Crippen LogP contribution in [-0.4, -0.2) is 26.9 Å². The van der Waals surface area contributed by atoms with Gasteiger partial charge in [0, 0.05) is 11.9 Å². The van der Waals surface area contributed by atoms with Crippen LogP contribution >= 0.6 is 0 Å². The van der Waals surface area contributed by atoms with Gasteiger partial charge in [-0.25, -0.2) is 4.79 Å². The van der Waals surface area contributed by atoms with Crippen LogP contribution in [0.25, 0.3) is 0 Å². The Morgan fingerprint density at radius 1 is 1.71 bits per heavy atom. The summed E-state index contributed by atoms with van der Waals surface area (Å²) in [4.78, 5) is 15.6. The maximum Gasteiger partial charge on any atom is 0.349 e. The summed E-state index contributed by atoms with van der Waals surface area (Å²) in [6.07, 6.45) is 3.65. The van der Waals surface area contributed by atoms with Gasteiger partial charge < -0.3 is 9.84 Å². The van der Waals surface area contributed by atoms with Crippen molar-refractivity contribution in [2.24, 2.45) is 0 Å². The maximum atomic E-state index is 11.7. The van der Waals surface area contributed by atoms with Crippen LogP contribution in [0.4, 0.5) is 0 Å². The fourth-order valence-corrected chi connectivity index (χ4v) is 2.19. The smallest absolute Gasteiger partial charge is 0.349 e. The van der Waals surface area contributed by atoms with E-state index >= 15 is 0 Å². The maximum absolute atomic E-state index is 11.7. The third-order valence-corrected chi connectivity index (χ3v) is 3.44. The molecule has 2 heterocycles. The third-order valence-electron chi connectivity index (χ3n) is 3.44. The lowest BCUT2D eigenvalue weighted by atomic mass is 9.98. The molecule has 0 radical (unpaired) electrons. The molecule has 17 heavy (non-hydrogen) atoms. The summed E-state index contributed by atoms with van der Waals surface area (Å²) in [6.45, 7) is 3.76. The predicted molar refractivity (Wildman–Crippen MR) is 62.7 cm³/mol. The molecular formula is C12H18N2O3. The highest BCUT2D eigenvalue weighted by Gasteiger charge is 2.39. The highest BCUT2D eigenvalue weighted by molar-refractivity contribution is 4.97. The molecule has 0 saturated carbocycles. The number of aromatic nitrogens is 2. The van der Waals surface area contributed by atoms with E-state index in [2.05, 4.69) is 4.98 Å². The van der Waals surface area contributed by atoms with E-state index in [0.717, 1.165) is 19.3 Å². The molecule has 0 bridgehead atoms. The molecule has 0 aromatic carbocycles. The number of hydrogen-bond acceptors (Lipinski definition) is 4. The Hall–Kier alpha value is -1.20. The largest absolute Gasteiger partial charge is 0.393 e. The van der Waals surface area contributed by atoms with Crippen molar-refractivity contribution in [1.29, 1.82) is 0 Å². The Bertz CT molecular complexity index is 451. The van der Waals surface area contributed by atoms with Crippen molar-refractivity contribution >= 4 is 0 Å². The van der Waals surface area contributed by atoms with Crippen molar-refractivity contribution in [3.05, 3.63) is 28.4 Å². The summed E-state index contributed by atoms with van der Waals surface area (Å²) in [5, 5.41) is 9.37. The zero-order chi connectivity index (χ0) is 12.5. The van der Waals surface area contributed by atoms with Crippen molar-refractivity contribution in [2.45, 2.75) is 44.9 Å². The van der Waals surface area contributed by atoms with E-state index < -0.39 is 5.60 Å². The quantitative estimate of drug-likeness (QED) is 0.853. The highest BCUT2D eigenvalue weighted by Crippen LogP contribution is 2.37. The highest BCUT2D eigenvalue weighted by atomic mass is 16.5. The fraction of sp³-hybridized carbons (Fsp3) is 0.667. The van der Waals surface area contributed by atoms with Gasteiger partial charge in [0.05, 0.1) is 12.2 Å². The molecule has 1 aliphatic rings. The number of rotatable bonds is 3. The number of aliphatic hydroxyl groups excluding tert-OH is 1. The van der Waals surface area contributed by atoms with Crippen LogP contribution < -0.4 is 5.69 Å². The van der Waals surface area contributed by atoms with Crippen molar-refractivity contribution in [3.8, 4) is 0 Å². The molecular weight excluding hydrogens is 220 g/mol. The first kappa shape index (κ1) is 12.3. The molecule has 5 heteroatoms. The second kappa shape index (κ2) is 4.58. The van der Waals surface area contributed by atoms with Gasteiger partial charge in [0.15, 0.2) is 0 Å². The minimum absolute atomic E-state index is 0.00591. The van der Waals surface area contributed by atoms with Crippen LogP contribution in [-0.2, 0) is 4.74 Å². The third kappa shape index (κ3) is 2.25. The molecule has 1 N–H and O–H groups in total. The van der Waals surface area contributed by atoms with Gasteiger partial charge in [-0.2, -0.15) is 4.98 Å². The van der Waals surface area contributed by atoms with Crippen molar-refractivity contribution in [2.75, 3.05) is 6.61 Å². The molecule has 1 aromatic heterocycles. The van der Waals surface area contributed by atoms with Crippen LogP contribution in [0.3, 0.4) is 0 Å². The van der Waals surface area contributed by atoms with Gasteiger partial charge in [-0.1, -0.05) is 6.92 Å². The second-order valence-corrected chi connectivity index (χ2v) is 4.56. The predicted octanol–water partition coefficient (Wildman–Crippen LogP) is 1.00. The number of hydrogen-bond donors (Lipinski definition) is 1. The van der Waals surface area contributed by atoms with Gasteiger partial charge >= 0.3 is 5.69 Å². The van der Waals surface area contributed by atoms with E-state index in [0.29, 0.717) is 5.69 Å². The number of ether oxygens (including phenoxy) is 1. The van der Waals surface area contributed by atoms with Gasteiger partial charge in [-0.05, 0) is 32.3 Å². The average molecular weight is 238 g/mol. The summed E-state index contributed by atoms with van der Waals surface area (Å²) in [6, 6.07) is 1.79. The number of nitrogens with zero attached hydrogens (tertiary/aromatic N) is 2. The summed E-state index contributed by atoms with van der Waals surface area (Å²) in [5.74, 6) is 0. The van der Waals surface area contributed by atoms with Gasteiger partial charge in [-0.3, -0.25) is 4.57 Å². The molecule has 0 unspecified atom stereocenters. The molecule has 1 aliphatic heterocycles. The van der Waals surface area contributed by atoms with Gasteiger partial charge in [-0.15, -0.1) is 0 Å². The van der Waals surface area contributed by atoms with Gasteiger partial charge in [0.2, 0.25) is 0 Å². The number of aryl methyl sites for hydroxylation is 1. The van der Waals surface area contributed by atoms with E-state index in [1.807, 2.05) is 6.92 Å². The molecule has 2 rings (SSSR count). The first-order valence-corrected chi connectivity index (χ1v) is 5.95. The van der Waals surface area contributed by atoms with Crippen LogP contribution in [0.1, 0.15) is 38.1 Å². The van der Waals surface area contributed by atoms with Crippen molar-refractivity contribution in [1.82, 2.24) is 9.55 Å². The zero-order valence-electron chi connectivity index (χ0n) is 10.2. The van der Waals surface area contributed by atoms with Crippen LogP contribution in [0.5, 0.6) is 0 Å². The molecule has 1 saturated heterocycles. The summed E-state index contributed by atoms with van der Waals surface area (Å²) >= 11 is 0. The summed E-state index contributed by atoms with van der Waals surface area (Å²) in [7, 11) is 0. The van der Waals surface area contributed by atoms with Gasteiger partial charge in [0.1, 0.15) is 6.23 Å². The lowest BCUT2D eigenvalue weighted by molar-refractivity contribution is -0.101. The Kier molecular flexibility index (Phi) is 3.31. The van der Waals surface area contributed by atoms with E-state index in [1.165, 1.54) is 4.57 Å². The SMILES string of the molecule is CC[C@@]1(CO)CC[C@H](n2ccc(C)nc2=O)O1. The standard InChI is InChI=1S/C12H18N2O3/c1-3-12(8-15)6-4-10(17-12)14-7-5-9(2)13-11(14)16/h5,7,10,15H,3-4,6,8H2,1-2H3/t10-,12+/m1/s1. The first-order chi connectivity index (χ1) is 8.10. The van der Waals surface area contributed by atoms with Crippen LogP contribution in [0.2, 0.25) is 0 Å². The van der Waals surface area contributed by atoms with E-state index in [1.54, 1.807) is 19.2 Å². The molecule has 2 atom stereocenters. The van der Waals surface area contributed by atoms with Crippen molar-refractivity contribution in [3.63, 3.8) is 0 Å². The zero-order valence-corrected chi connectivity index (χ0v) is 10.2. The van der Waals surface area contributed by atoms with Crippen LogP contribution in [0, 0.1) is 6.92 Å². The van der Waals surface area contributed by atoms with Crippen molar-refractivity contribution < 1.29 is 9.84 Å². The van der Waals surface area contributed by atoms with E-state index in [4.69, 9.17) is 4.74 Å². The molecule has 0 amide bonds. The van der Waals surface area contributed by atoms with Gasteiger partial charge in [0.25, 0.3) is 0 Å². The molecule has 0 spiro atoms. The molecule has 5 nitrogen and oxygen atoms in total. The first-order valence-electron chi connectivity index (χ1n) is 5.95. The summed E-state index contributed by atoms with van der Waals surface area (Å²) in [5.41, 5.74) is -0.0809. The normalized spacial score (nSPS) is 28.5. The fourth-order valence-electron chi connectivity index (χ4n) is 2.19. The number of aliphatic hydroxyl groups is 1. The molecule has 0 aliphatic carbocycles. The Labute approximate surface area is 100 Å². The second-order valence-electron chi connectivity index (χ2n) is 4.56. The van der Waals surface area contributed by atoms with E-state index in [-0.39, 0.29) is 18.5 Å². The lowest BCUT2D eigenvalue weighted by Crippen LogP contribution is -2.34. The minimum Gasteiger partial charge on any atom is -0.393 e. The molecule has 1 aromatic rings. The summed E-state index contributed by atoms with van der Waals surface area (Å²) < 4.78 is 7.33. The lowest BCUT2D eigenvalue weighted by Gasteiger charge is -2.25. The molecule has 94 valence electrons. The Morgan fingerprint density at radius 2 is 2.47 bits per heavy atom.